The fourth-order valence-electron chi connectivity index (χ4n) is 2.87. The Bertz CT molecular complexity index is 1070. The monoisotopic (exact) mass is 481 g/mol. The molecule has 0 aromatic heterocycles. The number of carbonyl (C=O) groups is 2. The highest BCUT2D eigenvalue weighted by molar-refractivity contribution is 9.10. The van der Waals surface area contributed by atoms with Crippen LogP contribution in [0.3, 0.4) is 0 Å². The van der Waals surface area contributed by atoms with Gasteiger partial charge in [-0.3, -0.25) is 14.9 Å². The number of thiocarbonyl (C=S) groups is 1. The van der Waals surface area contributed by atoms with Crippen molar-refractivity contribution < 1.29 is 9.59 Å². The van der Waals surface area contributed by atoms with E-state index < -0.39 is 0 Å². The molecule has 30 heavy (non-hydrogen) atoms. The zero-order valence-corrected chi connectivity index (χ0v) is 18.7. The molecule has 152 valence electrons. The topological polar surface area (TPSA) is 61.4 Å². The number of anilines is 1. The van der Waals surface area contributed by atoms with Crippen LogP contribution in [0.25, 0.3) is 0 Å². The summed E-state index contributed by atoms with van der Waals surface area (Å²) in [6, 6.07) is 23.8. The van der Waals surface area contributed by atoms with Gasteiger partial charge in [-0.25, -0.2) is 0 Å². The predicted molar refractivity (Wildman–Crippen MR) is 127 cm³/mol. The van der Waals surface area contributed by atoms with E-state index >= 15 is 0 Å². The third kappa shape index (κ3) is 5.75. The van der Waals surface area contributed by atoms with Gasteiger partial charge in [-0.2, -0.15) is 0 Å². The first-order valence-corrected chi connectivity index (χ1v) is 10.4. The summed E-state index contributed by atoms with van der Waals surface area (Å²) in [5.41, 5.74) is 2.51. The second-order valence-corrected chi connectivity index (χ2v) is 7.93. The molecule has 3 aromatic carbocycles. The summed E-state index contributed by atoms with van der Waals surface area (Å²) in [6.07, 6.45) is 0. The molecule has 0 aliphatic carbocycles. The Hall–Kier alpha value is -3.03. The molecule has 0 unspecified atom stereocenters. The molecule has 0 spiro atoms. The van der Waals surface area contributed by atoms with Crippen molar-refractivity contribution in [3.8, 4) is 0 Å². The molecule has 7 heteroatoms. The Kier molecular flexibility index (Phi) is 7.32. The van der Waals surface area contributed by atoms with Crippen LogP contribution in [0.15, 0.2) is 83.3 Å². The third-order valence-electron chi connectivity index (χ3n) is 4.33. The molecule has 0 atom stereocenters. The molecular formula is C23H20BrN3O2S. The smallest absolute Gasteiger partial charge is 0.257 e. The van der Waals surface area contributed by atoms with Gasteiger partial charge in [0, 0.05) is 23.6 Å². The van der Waals surface area contributed by atoms with Crippen LogP contribution < -0.4 is 10.6 Å². The summed E-state index contributed by atoms with van der Waals surface area (Å²) in [4.78, 5) is 27.0. The minimum Gasteiger partial charge on any atom is -0.337 e. The summed E-state index contributed by atoms with van der Waals surface area (Å²) in [5.74, 6) is -0.484. The molecule has 3 aromatic rings. The van der Waals surface area contributed by atoms with E-state index in [1.165, 1.54) is 0 Å². The third-order valence-corrected chi connectivity index (χ3v) is 5.03. The van der Waals surface area contributed by atoms with Crippen LogP contribution in [0, 0.1) is 0 Å². The molecule has 2 amide bonds. The van der Waals surface area contributed by atoms with Gasteiger partial charge in [0.15, 0.2) is 5.11 Å². The first-order valence-electron chi connectivity index (χ1n) is 9.20. The van der Waals surface area contributed by atoms with E-state index in [1.54, 1.807) is 54.4 Å². The first-order chi connectivity index (χ1) is 14.4. The van der Waals surface area contributed by atoms with Crippen molar-refractivity contribution in [2.75, 3.05) is 12.4 Å². The zero-order valence-electron chi connectivity index (χ0n) is 16.3. The fraction of sp³-hybridized carbons (Fsp3) is 0.0870. The molecule has 2 N–H and O–H groups in total. The summed E-state index contributed by atoms with van der Waals surface area (Å²) in [6.45, 7) is 0.484. The van der Waals surface area contributed by atoms with Crippen LogP contribution in [0.2, 0.25) is 0 Å². The van der Waals surface area contributed by atoms with Crippen LogP contribution in [0.4, 0.5) is 5.69 Å². The van der Waals surface area contributed by atoms with E-state index in [2.05, 4.69) is 26.6 Å². The van der Waals surface area contributed by atoms with E-state index in [-0.39, 0.29) is 16.9 Å². The maximum absolute atomic E-state index is 13.0. The minimum atomic E-state index is -0.334. The van der Waals surface area contributed by atoms with Crippen molar-refractivity contribution in [1.29, 1.82) is 0 Å². The zero-order chi connectivity index (χ0) is 21.5. The number of nitrogens with zero attached hydrogens (tertiary/aromatic N) is 1. The molecule has 3 rings (SSSR count). The second-order valence-electron chi connectivity index (χ2n) is 6.61. The van der Waals surface area contributed by atoms with Crippen LogP contribution in [0.5, 0.6) is 0 Å². The Morgan fingerprint density at radius 1 is 0.967 bits per heavy atom. The lowest BCUT2D eigenvalue weighted by atomic mass is 10.1. The summed E-state index contributed by atoms with van der Waals surface area (Å²) >= 11 is 8.62. The number of carbonyl (C=O) groups excluding carboxylic acids is 2. The van der Waals surface area contributed by atoms with Crippen molar-refractivity contribution >= 4 is 50.8 Å². The normalized spacial score (nSPS) is 10.2. The lowest BCUT2D eigenvalue weighted by Gasteiger charge is -2.20. The summed E-state index contributed by atoms with van der Waals surface area (Å²) in [5, 5.41) is 5.73. The van der Waals surface area contributed by atoms with Crippen molar-refractivity contribution in [3.63, 3.8) is 0 Å². The van der Waals surface area contributed by atoms with Gasteiger partial charge in [0.1, 0.15) is 0 Å². The van der Waals surface area contributed by atoms with Gasteiger partial charge in [-0.05, 0) is 48.1 Å². The van der Waals surface area contributed by atoms with Crippen molar-refractivity contribution in [2.24, 2.45) is 0 Å². The van der Waals surface area contributed by atoms with Gasteiger partial charge >= 0.3 is 0 Å². The standard InChI is InChI=1S/C23H20BrN3O2S/c1-27(15-16-8-3-2-4-9-16)22(29)19-12-5-6-13-20(19)25-23(30)26-21(28)17-10-7-11-18(24)14-17/h2-14H,15H2,1H3,(H2,25,26,28,30). The highest BCUT2D eigenvalue weighted by Gasteiger charge is 2.17. The molecule has 0 saturated heterocycles. The minimum absolute atomic E-state index is 0.117. The Morgan fingerprint density at radius 3 is 2.40 bits per heavy atom. The molecule has 0 aliphatic rings. The highest BCUT2D eigenvalue weighted by atomic mass is 79.9. The first kappa shape index (κ1) is 21.7. The van der Waals surface area contributed by atoms with Gasteiger partial charge in [-0.1, -0.05) is 64.5 Å². The number of halogens is 1. The second kappa shape index (κ2) is 10.1. The molecule has 0 heterocycles. The average molecular weight is 482 g/mol. The van der Waals surface area contributed by atoms with Crippen LogP contribution >= 0.6 is 28.1 Å². The Balaban J connectivity index is 1.69. The predicted octanol–water partition coefficient (Wildman–Crippen LogP) is 4.85. The molecule has 0 saturated carbocycles. The number of hydrogen-bond acceptors (Lipinski definition) is 3. The van der Waals surface area contributed by atoms with Crippen LogP contribution in [-0.4, -0.2) is 28.9 Å². The SMILES string of the molecule is CN(Cc1ccccc1)C(=O)c1ccccc1NC(=S)NC(=O)c1cccc(Br)c1. The largest absolute Gasteiger partial charge is 0.337 e. The molecule has 0 radical (unpaired) electrons. The van der Waals surface area contributed by atoms with Crippen LogP contribution in [0.1, 0.15) is 26.3 Å². The average Bonchev–Trinajstić information content (AvgIpc) is 2.74. The van der Waals surface area contributed by atoms with E-state index in [9.17, 15) is 9.59 Å². The molecule has 0 aliphatic heterocycles. The van der Waals surface area contributed by atoms with Crippen molar-refractivity contribution in [2.45, 2.75) is 6.54 Å². The van der Waals surface area contributed by atoms with Crippen molar-refractivity contribution in [1.82, 2.24) is 10.2 Å². The highest BCUT2D eigenvalue weighted by Crippen LogP contribution is 2.18. The van der Waals surface area contributed by atoms with Gasteiger partial charge < -0.3 is 10.2 Å². The van der Waals surface area contributed by atoms with Crippen molar-refractivity contribution in [3.05, 3.63) is 100 Å². The van der Waals surface area contributed by atoms with E-state index in [1.807, 2.05) is 36.4 Å². The summed E-state index contributed by atoms with van der Waals surface area (Å²) in [7, 11) is 1.75. The number of benzene rings is 3. The quantitative estimate of drug-likeness (QED) is 0.511. The molecule has 0 fully saturated rings. The van der Waals surface area contributed by atoms with E-state index in [0.29, 0.717) is 23.4 Å². The Labute approximate surface area is 189 Å². The lowest BCUT2D eigenvalue weighted by molar-refractivity contribution is 0.0786. The molecule has 5 nitrogen and oxygen atoms in total. The number of nitrogens with one attached hydrogen (secondary N) is 2. The van der Waals surface area contributed by atoms with E-state index in [0.717, 1.165) is 10.0 Å². The van der Waals surface area contributed by atoms with Gasteiger partial charge in [0.05, 0.1) is 11.3 Å². The van der Waals surface area contributed by atoms with Crippen LogP contribution in [-0.2, 0) is 6.54 Å². The maximum atomic E-state index is 13.0. The fourth-order valence-corrected chi connectivity index (χ4v) is 3.47. The van der Waals surface area contributed by atoms with E-state index in [4.69, 9.17) is 12.2 Å². The maximum Gasteiger partial charge on any atom is 0.257 e. The lowest BCUT2D eigenvalue weighted by Crippen LogP contribution is -2.35. The molecular weight excluding hydrogens is 462 g/mol. The Morgan fingerprint density at radius 2 is 1.67 bits per heavy atom. The number of hydrogen-bond donors (Lipinski definition) is 2. The summed E-state index contributed by atoms with van der Waals surface area (Å²) < 4.78 is 0.798. The van der Waals surface area contributed by atoms with Gasteiger partial charge in [-0.15, -0.1) is 0 Å². The number of amides is 2. The molecule has 0 bridgehead atoms. The number of para-hydroxylation sites is 1. The van der Waals surface area contributed by atoms with Gasteiger partial charge in [0.2, 0.25) is 0 Å². The number of rotatable bonds is 5. The van der Waals surface area contributed by atoms with Gasteiger partial charge in [0.25, 0.3) is 11.8 Å².